The third kappa shape index (κ3) is 3.79. The molecule has 1 saturated carbocycles. The van der Waals surface area contributed by atoms with Crippen molar-refractivity contribution in [3.63, 3.8) is 0 Å². The summed E-state index contributed by atoms with van der Waals surface area (Å²) in [4.78, 5) is 10.6. The Morgan fingerprint density at radius 3 is 2.71 bits per heavy atom. The first-order valence-corrected chi connectivity index (χ1v) is 8.30. The maximum Gasteiger partial charge on any atom is 0.338 e. The van der Waals surface area contributed by atoms with Gasteiger partial charge in [-0.15, -0.1) is 0 Å². The molecule has 0 radical (unpaired) electrons. The van der Waals surface area contributed by atoms with E-state index in [2.05, 4.69) is 11.6 Å². The van der Waals surface area contributed by atoms with Gasteiger partial charge >= 0.3 is 5.97 Å². The summed E-state index contributed by atoms with van der Waals surface area (Å²) in [5, 5.41) is 8.83. The molecule has 1 aliphatic rings. The minimum absolute atomic E-state index is 0.229. The van der Waals surface area contributed by atoms with Gasteiger partial charge in [0.1, 0.15) is 5.82 Å². The lowest BCUT2D eigenvalue weighted by atomic mass is 10.1. The molecule has 2 atom stereocenters. The Bertz CT molecular complexity index is 644. The molecular weight excluding hydrogens is 297 g/mol. The molecule has 1 aromatic rings. The van der Waals surface area contributed by atoms with Gasteiger partial charge in [0.2, 0.25) is 10.0 Å². The Labute approximate surface area is 123 Å². The first-order valence-electron chi connectivity index (χ1n) is 6.82. The van der Waals surface area contributed by atoms with Crippen molar-refractivity contribution in [1.82, 2.24) is 4.72 Å². The Morgan fingerprint density at radius 2 is 2.14 bits per heavy atom. The number of aromatic carboxylic acids is 1. The second-order valence-electron chi connectivity index (χ2n) is 5.58. The van der Waals surface area contributed by atoms with E-state index in [0.29, 0.717) is 18.4 Å². The first-order chi connectivity index (χ1) is 9.79. The fourth-order valence-corrected chi connectivity index (χ4v) is 3.80. The second-order valence-corrected chi connectivity index (χ2v) is 7.35. The van der Waals surface area contributed by atoms with Gasteiger partial charge in [-0.1, -0.05) is 13.3 Å². The van der Waals surface area contributed by atoms with Crippen LogP contribution in [0.3, 0.4) is 0 Å². The van der Waals surface area contributed by atoms with Crippen LogP contribution in [0.2, 0.25) is 0 Å². The number of carboxylic acids is 1. The maximum absolute atomic E-state index is 13.3. The van der Waals surface area contributed by atoms with Crippen molar-refractivity contribution < 1.29 is 22.7 Å². The monoisotopic (exact) mass is 315 g/mol. The number of hydrogen-bond acceptors (Lipinski definition) is 3. The van der Waals surface area contributed by atoms with Crippen LogP contribution in [0.15, 0.2) is 23.1 Å². The number of halogens is 1. The summed E-state index contributed by atoms with van der Waals surface area (Å²) in [5.74, 6) is -1.54. The van der Waals surface area contributed by atoms with E-state index in [0.717, 1.165) is 37.5 Å². The van der Waals surface area contributed by atoms with Crippen molar-refractivity contribution in [3.8, 4) is 0 Å². The fraction of sp³-hybridized carbons (Fsp3) is 0.500. The van der Waals surface area contributed by atoms with E-state index in [-0.39, 0.29) is 4.90 Å². The molecule has 116 valence electrons. The molecule has 5 nitrogen and oxygen atoms in total. The van der Waals surface area contributed by atoms with Crippen LogP contribution in [0.5, 0.6) is 0 Å². The zero-order valence-corrected chi connectivity index (χ0v) is 12.5. The number of sulfonamides is 1. The van der Waals surface area contributed by atoms with Crippen LogP contribution in [-0.2, 0) is 10.0 Å². The summed E-state index contributed by atoms with van der Waals surface area (Å²) < 4.78 is 40.0. The first kappa shape index (κ1) is 15.9. The number of rotatable bonds is 5. The molecule has 21 heavy (non-hydrogen) atoms. The minimum Gasteiger partial charge on any atom is -0.478 e. The van der Waals surface area contributed by atoms with Gasteiger partial charge < -0.3 is 5.11 Å². The molecule has 1 aliphatic carbocycles. The summed E-state index contributed by atoms with van der Waals surface area (Å²) in [6.07, 6.45) is 3.05. The van der Waals surface area contributed by atoms with E-state index in [1.54, 1.807) is 0 Å². The van der Waals surface area contributed by atoms with Crippen LogP contribution in [0, 0.1) is 17.7 Å². The summed E-state index contributed by atoms with van der Waals surface area (Å²) >= 11 is 0. The lowest BCUT2D eigenvalue weighted by Gasteiger charge is -2.12. The van der Waals surface area contributed by atoms with Crippen LogP contribution >= 0.6 is 0 Å². The number of carboxylic acid groups (broad SMARTS) is 1. The average molecular weight is 315 g/mol. The highest BCUT2D eigenvalue weighted by Gasteiger charge is 2.24. The SMILES string of the molecule is CC1CCC(CNS(=O)(=O)c2ccc(F)c(C(=O)O)c2)C1. The highest BCUT2D eigenvalue weighted by molar-refractivity contribution is 7.89. The number of nitrogens with one attached hydrogen (secondary N) is 1. The fourth-order valence-electron chi connectivity index (χ4n) is 2.66. The Morgan fingerprint density at radius 1 is 1.43 bits per heavy atom. The van der Waals surface area contributed by atoms with Gasteiger partial charge in [0.15, 0.2) is 0 Å². The maximum atomic E-state index is 13.3. The highest BCUT2D eigenvalue weighted by atomic mass is 32.2. The average Bonchev–Trinajstić information content (AvgIpc) is 2.82. The Hall–Kier alpha value is -1.47. The lowest BCUT2D eigenvalue weighted by Crippen LogP contribution is -2.28. The predicted octanol–water partition coefficient (Wildman–Crippen LogP) is 2.24. The molecular formula is C14H18FNO4S. The third-order valence-electron chi connectivity index (χ3n) is 3.84. The van der Waals surface area contributed by atoms with Crippen molar-refractivity contribution in [2.45, 2.75) is 31.1 Å². The van der Waals surface area contributed by atoms with Crippen molar-refractivity contribution >= 4 is 16.0 Å². The van der Waals surface area contributed by atoms with E-state index in [9.17, 15) is 17.6 Å². The van der Waals surface area contributed by atoms with Crippen LogP contribution in [-0.4, -0.2) is 26.0 Å². The molecule has 0 aromatic heterocycles. The predicted molar refractivity (Wildman–Crippen MR) is 75.1 cm³/mol. The molecule has 0 bridgehead atoms. The second kappa shape index (κ2) is 6.11. The topological polar surface area (TPSA) is 83.5 Å². The van der Waals surface area contributed by atoms with Crippen LogP contribution in [0.4, 0.5) is 4.39 Å². The smallest absolute Gasteiger partial charge is 0.338 e. The van der Waals surface area contributed by atoms with Crippen molar-refractivity contribution in [2.75, 3.05) is 6.54 Å². The van der Waals surface area contributed by atoms with E-state index in [1.165, 1.54) is 0 Å². The van der Waals surface area contributed by atoms with Crippen LogP contribution < -0.4 is 4.72 Å². The van der Waals surface area contributed by atoms with Gasteiger partial charge in [-0.25, -0.2) is 22.3 Å². The molecule has 2 unspecified atom stereocenters. The molecule has 7 heteroatoms. The van der Waals surface area contributed by atoms with Crippen molar-refractivity contribution in [3.05, 3.63) is 29.6 Å². The standard InChI is InChI=1S/C14H18FNO4S/c1-9-2-3-10(6-9)8-16-21(19,20)11-4-5-13(15)12(7-11)14(17)18/h4-5,7,9-10,16H,2-3,6,8H2,1H3,(H,17,18). The molecule has 0 aliphatic heterocycles. The van der Waals surface area contributed by atoms with Gasteiger partial charge in [0.05, 0.1) is 10.5 Å². The Kier molecular flexibility index (Phi) is 4.63. The summed E-state index contributed by atoms with van der Waals surface area (Å²) in [7, 11) is -3.82. The number of benzene rings is 1. The van der Waals surface area contributed by atoms with Gasteiger partial charge in [-0.3, -0.25) is 0 Å². The summed E-state index contributed by atoms with van der Waals surface area (Å²) in [5.41, 5.74) is -0.646. The molecule has 1 fully saturated rings. The van der Waals surface area contributed by atoms with Crippen LogP contribution in [0.25, 0.3) is 0 Å². The largest absolute Gasteiger partial charge is 0.478 e. The van der Waals surface area contributed by atoms with Gasteiger partial charge in [-0.2, -0.15) is 0 Å². The normalized spacial score (nSPS) is 22.4. The zero-order valence-electron chi connectivity index (χ0n) is 11.7. The van der Waals surface area contributed by atoms with Crippen molar-refractivity contribution in [1.29, 1.82) is 0 Å². The minimum atomic E-state index is -3.82. The quantitative estimate of drug-likeness (QED) is 0.873. The summed E-state index contributed by atoms with van der Waals surface area (Å²) in [6.45, 7) is 2.46. The van der Waals surface area contributed by atoms with Crippen molar-refractivity contribution in [2.24, 2.45) is 11.8 Å². The molecule has 1 aromatic carbocycles. The lowest BCUT2D eigenvalue weighted by molar-refractivity contribution is 0.0691. The van der Waals surface area contributed by atoms with E-state index < -0.39 is 27.4 Å². The van der Waals surface area contributed by atoms with Gasteiger partial charge in [-0.05, 0) is 42.9 Å². The zero-order chi connectivity index (χ0) is 15.6. The Balaban J connectivity index is 2.12. The van der Waals surface area contributed by atoms with Gasteiger partial charge in [0, 0.05) is 6.54 Å². The van der Waals surface area contributed by atoms with Crippen LogP contribution in [0.1, 0.15) is 36.5 Å². The molecule has 2 N–H and O–H groups in total. The van der Waals surface area contributed by atoms with E-state index in [1.807, 2.05) is 0 Å². The van der Waals surface area contributed by atoms with E-state index >= 15 is 0 Å². The highest BCUT2D eigenvalue weighted by Crippen LogP contribution is 2.30. The molecule has 0 spiro atoms. The number of hydrogen-bond donors (Lipinski definition) is 2. The number of carbonyl (C=O) groups is 1. The third-order valence-corrected chi connectivity index (χ3v) is 5.27. The molecule has 0 heterocycles. The molecule has 0 saturated heterocycles. The van der Waals surface area contributed by atoms with Gasteiger partial charge in [0.25, 0.3) is 0 Å². The summed E-state index contributed by atoms with van der Waals surface area (Å²) in [6, 6.07) is 2.77. The molecule has 0 amide bonds. The molecule has 2 rings (SSSR count). The van der Waals surface area contributed by atoms with E-state index in [4.69, 9.17) is 5.11 Å².